The number of amides is 1. The van der Waals surface area contributed by atoms with Crippen molar-refractivity contribution in [3.8, 4) is 0 Å². The molecule has 0 radical (unpaired) electrons. The predicted molar refractivity (Wildman–Crippen MR) is 70.7 cm³/mol. The van der Waals surface area contributed by atoms with Gasteiger partial charge in [-0.1, -0.05) is 6.92 Å². The molecule has 0 aromatic rings. The molecule has 94 valence electrons. The number of carbonyl (C=O) groups excluding carboxylic acids is 1. The number of piperidine rings is 1. The highest BCUT2D eigenvalue weighted by Gasteiger charge is 2.24. The van der Waals surface area contributed by atoms with Gasteiger partial charge in [0, 0.05) is 18.5 Å². The van der Waals surface area contributed by atoms with Crippen LogP contribution in [0.5, 0.6) is 0 Å². The lowest BCUT2D eigenvalue weighted by Crippen LogP contribution is -2.43. The van der Waals surface area contributed by atoms with Gasteiger partial charge in [0.25, 0.3) is 0 Å². The van der Waals surface area contributed by atoms with E-state index in [0.29, 0.717) is 12.0 Å². The van der Waals surface area contributed by atoms with Gasteiger partial charge < -0.3 is 10.6 Å². The highest BCUT2D eigenvalue weighted by Crippen LogP contribution is 2.16. The summed E-state index contributed by atoms with van der Waals surface area (Å²) < 4.78 is 0. The number of hydrogen-bond donors (Lipinski definition) is 2. The lowest BCUT2D eigenvalue weighted by molar-refractivity contribution is -0.126. The minimum atomic E-state index is 0.220. The first kappa shape index (κ1) is 13.8. The topological polar surface area (TPSA) is 41.1 Å². The van der Waals surface area contributed by atoms with Gasteiger partial charge in [0.2, 0.25) is 5.91 Å². The van der Waals surface area contributed by atoms with E-state index in [9.17, 15) is 4.79 Å². The third-order valence-electron chi connectivity index (χ3n) is 3.07. The van der Waals surface area contributed by atoms with E-state index in [4.69, 9.17) is 0 Å². The molecular formula is C12H24N2OS. The highest BCUT2D eigenvalue weighted by molar-refractivity contribution is 7.98. The standard InChI is InChI=1S/C12H24N2OS/c1-9(8-16-3)7-14-12(15)11-4-5-13-10(2)6-11/h9-11,13H,4-8H2,1-3H3,(H,14,15). The second-order valence-electron chi connectivity index (χ2n) is 4.88. The molecule has 0 spiro atoms. The maximum absolute atomic E-state index is 11.9. The Labute approximate surface area is 103 Å². The third-order valence-corrected chi connectivity index (χ3v) is 3.97. The van der Waals surface area contributed by atoms with Crippen molar-refractivity contribution in [1.29, 1.82) is 0 Å². The molecule has 3 atom stereocenters. The van der Waals surface area contributed by atoms with Gasteiger partial charge in [-0.2, -0.15) is 11.8 Å². The van der Waals surface area contributed by atoms with Crippen LogP contribution in [0.2, 0.25) is 0 Å². The fourth-order valence-electron chi connectivity index (χ4n) is 2.13. The van der Waals surface area contributed by atoms with Crippen molar-refractivity contribution in [3.05, 3.63) is 0 Å². The summed E-state index contributed by atoms with van der Waals surface area (Å²) in [7, 11) is 0. The molecule has 1 saturated heterocycles. The Kier molecular flexibility index (Phi) is 6.21. The van der Waals surface area contributed by atoms with Gasteiger partial charge in [0.05, 0.1) is 0 Å². The zero-order valence-electron chi connectivity index (χ0n) is 10.6. The zero-order chi connectivity index (χ0) is 12.0. The first-order chi connectivity index (χ1) is 7.63. The lowest BCUT2D eigenvalue weighted by atomic mass is 9.92. The largest absolute Gasteiger partial charge is 0.356 e. The van der Waals surface area contributed by atoms with Crippen molar-refractivity contribution in [2.45, 2.75) is 32.7 Å². The molecule has 1 heterocycles. The molecule has 1 aliphatic heterocycles. The fraction of sp³-hybridized carbons (Fsp3) is 0.917. The van der Waals surface area contributed by atoms with Crippen molar-refractivity contribution in [2.24, 2.45) is 11.8 Å². The van der Waals surface area contributed by atoms with Crippen molar-refractivity contribution >= 4 is 17.7 Å². The van der Waals surface area contributed by atoms with E-state index in [2.05, 4.69) is 30.7 Å². The number of rotatable bonds is 5. The SMILES string of the molecule is CSCC(C)CNC(=O)C1CCNC(C)C1. The van der Waals surface area contributed by atoms with Crippen LogP contribution in [0.3, 0.4) is 0 Å². The average molecular weight is 244 g/mol. The molecule has 1 fully saturated rings. The molecule has 0 aromatic heterocycles. The van der Waals surface area contributed by atoms with Crippen LogP contribution in [0.1, 0.15) is 26.7 Å². The maximum atomic E-state index is 11.9. The molecule has 1 rings (SSSR count). The molecule has 16 heavy (non-hydrogen) atoms. The third kappa shape index (κ3) is 4.74. The van der Waals surface area contributed by atoms with Gasteiger partial charge >= 0.3 is 0 Å². The summed E-state index contributed by atoms with van der Waals surface area (Å²) in [5, 5.41) is 6.45. The first-order valence-corrected chi connectivity index (χ1v) is 7.53. The quantitative estimate of drug-likeness (QED) is 0.770. The molecule has 3 nitrogen and oxygen atoms in total. The molecule has 0 aliphatic carbocycles. The zero-order valence-corrected chi connectivity index (χ0v) is 11.4. The first-order valence-electron chi connectivity index (χ1n) is 6.13. The van der Waals surface area contributed by atoms with E-state index in [1.54, 1.807) is 0 Å². The Morgan fingerprint density at radius 2 is 2.38 bits per heavy atom. The van der Waals surface area contributed by atoms with E-state index >= 15 is 0 Å². The van der Waals surface area contributed by atoms with Gasteiger partial charge in [-0.25, -0.2) is 0 Å². The Bertz CT molecular complexity index is 223. The summed E-state index contributed by atoms with van der Waals surface area (Å²) >= 11 is 1.84. The van der Waals surface area contributed by atoms with Crippen molar-refractivity contribution in [2.75, 3.05) is 25.1 Å². The molecule has 4 heteroatoms. The lowest BCUT2D eigenvalue weighted by Gasteiger charge is -2.27. The van der Waals surface area contributed by atoms with E-state index < -0.39 is 0 Å². The minimum absolute atomic E-state index is 0.220. The molecule has 1 aliphatic rings. The van der Waals surface area contributed by atoms with E-state index in [-0.39, 0.29) is 11.8 Å². The van der Waals surface area contributed by atoms with Crippen molar-refractivity contribution < 1.29 is 4.79 Å². The van der Waals surface area contributed by atoms with Gasteiger partial charge in [-0.15, -0.1) is 0 Å². The van der Waals surface area contributed by atoms with Crippen LogP contribution < -0.4 is 10.6 Å². The van der Waals surface area contributed by atoms with E-state index in [0.717, 1.165) is 31.7 Å². The summed E-state index contributed by atoms with van der Waals surface area (Å²) in [6.07, 6.45) is 4.06. The number of nitrogens with one attached hydrogen (secondary N) is 2. The smallest absolute Gasteiger partial charge is 0.223 e. The Morgan fingerprint density at radius 1 is 1.62 bits per heavy atom. The van der Waals surface area contributed by atoms with Crippen LogP contribution in [0.25, 0.3) is 0 Å². The monoisotopic (exact) mass is 244 g/mol. The molecule has 0 aromatic carbocycles. The van der Waals surface area contributed by atoms with Crippen LogP contribution in [-0.4, -0.2) is 37.0 Å². The second-order valence-corrected chi connectivity index (χ2v) is 5.79. The molecular weight excluding hydrogens is 220 g/mol. The van der Waals surface area contributed by atoms with Gasteiger partial charge in [-0.05, 0) is 44.2 Å². The van der Waals surface area contributed by atoms with Crippen molar-refractivity contribution in [1.82, 2.24) is 10.6 Å². The van der Waals surface area contributed by atoms with Crippen LogP contribution in [0, 0.1) is 11.8 Å². The van der Waals surface area contributed by atoms with Crippen LogP contribution in [0.4, 0.5) is 0 Å². The summed E-state index contributed by atoms with van der Waals surface area (Å²) in [5.74, 6) is 2.15. The molecule has 1 amide bonds. The van der Waals surface area contributed by atoms with Gasteiger partial charge in [0.1, 0.15) is 0 Å². The van der Waals surface area contributed by atoms with E-state index in [1.165, 1.54) is 0 Å². The van der Waals surface area contributed by atoms with Crippen LogP contribution >= 0.6 is 11.8 Å². The molecule has 0 bridgehead atoms. The number of thioether (sulfide) groups is 1. The number of carbonyl (C=O) groups is 1. The average Bonchev–Trinajstić information content (AvgIpc) is 2.26. The normalized spacial score (nSPS) is 27.4. The van der Waals surface area contributed by atoms with E-state index in [1.807, 2.05) is 11.8 Å². The fourth-order valence-corrected chi connectivity index (χ4v) is 2.82. The Balaban J connectivity index is 2.23. The summed E-state index contributed by atoms with van der Waals surface area (Å²) in [6, 6.07) is 0.480. The molecule has 3 unspecified atom stereocenters. The van der Waals surface area contributed by atoms with Crippen LogP contribution in [-0.2, 0) is 4.79 Å². The van der Waals surface area contributed by atoms with Crippen molar-refractivity contribution in [3.63, 3.8) is 0 Å². The van der Waals surface area contributed by atoms with Gasteiger partial charge in [-0.3, -0.25) is 4.79 Å². The summed E-state index contributed by atoms with van der Waals surface area (Å²) in [5.41, 5.74) is 0. The molecule has 2 N–H and O–H groups in total. The molecule has 0 saturated carbocycles. The highest BCUT2D eigenvalue weighted by atomic mass is 32.2. The maximum Gasteiger partial charge on any atom is 0.223 e. The Hall–Kier alpha value is -0.220. The Morgan fingerprint density at radius 3 is 3.00 bits per heavy atom. The second kappa shape index (κ2) is 7.17. The summed E-state index contributed by atoms with van der Waals surface area (Å²) in [4.78, 5) is 11.9. The predicted octanol–water partition coefficient (Wildman–Crippen LogP) is 1.49. The van der Waals surface area contributed by atoms with Gasteiger partial charge in [0.15, 0.2) is 0 Å². The minimum Gasteiger partial charge on any atom is -0.356 e. The van der Waals surface area contributed by atoms with Crippen LogP contribution in [0.15, 0.2) is 0 Å². The number of hydrogen-bond acceptors (Lipinski definition) is 3. The summed E-state index contributed by atoms with van der Waals surface area (Å²) in [6.45, 7) is 6.12.